The molecular weight excluding hydrogens is 435 g/mol. The summed E-state index contributed by atoms with van der Waals surface area (Å²) in [4.78, 5) is 12.3. The van der Waals surface area contributed by atoms with Gasteiger partial charge in [-0.1, -0.05) is 77.2 Å². The lowest BCUT2D eigenvalue weighted by molar-refractivity contribution is 0.876. The van der Waals surface area contributed by atoms with Gasteiger partial charge in [0.1, 0.15) is 17.8 Å². The van der Waals surface area contributed by atoms with Gasteiger partial charge < -0.3 is 10.3 Å². The van der Waals surface area contributed by atoms with Gasteiger partial charge in [-0.25, -0.2) is 9.97 Å². The molecule has 5 heteroatoms. The Hall–Kier alpha value is -2.41. The van der Waals surface area contributed by atoms with E-state index in [0.717, 1.165) is 32.5 Å². The minimum Gasteiger partial charge on any atom is -0.363 e. The maximum atomic E-state index is 4.46. The largest absolute Gasteiger partial charge is 0.363 e. The highest BCUT2D eigenvalue weighted by Crippen LogP contribution is 2.29. The molecule has 0 aliphatic rings. The highest BCUT2D eigenvalue weighted by atomic mass is 127. The van der Waals surface area contributed by atoms with E-state index in [1.807, 2.05) is 6.07 Å². The summed E-state index contributed by atoms with van der Waals surface area (Å²) < 4.78 is 1.02. The summed E-state index contributed by atoms with van der Waals surface area (Å²) in [6.07, 6.45) is 1.60. The average molecular weight is 454 g/mol. The lowest BCUT2D eigenvalue weighted by Gasteiger charge is -2.15. The number of nitrogens with one attached hydrogen (secondary N) is 2. The lowest BCUT2D eigenvalue weighted by atomic mass is 10.1. The summed E-state index contributed by atoms with van der Waals surface area (Å²) >= 11 is 2.38. The number of aromatic amines is 1. The van der Waals surface area contributed by atoms with Gasteiger partial charge in [0.25, 0.3) is 0 Å². The molecule has 1 atom stereocenters. The fourth-order valence-corrected chi connectivity index (χ4v) is 3.52. The zero-order valence-corrected chi connectivity index (χ0v) is 16.6. The summed E-state index contributed by atoms with van der Waals surface area (Å²) in [5, 5.41) is 4.52. The van der Waals surface area contributed by atoms with Gasteiger partial charge in [-0.15, -0.1) is 0 Å². The van der Waals surface area contributed by atoms with E-state index in [1.54, 1.807) is 6.33 Å². The number of benzene rings is 2. The van der Waals surface area contributed by atoms with Gasteiger partial charge in [0.05, 0.1) is 5.39 Å². The van der Waals surface area contributed by atoms with Crippen molar-refractivity contribution in [1.82, 2.24) is 15.0 Å². The van der Waals surface area contributed by atoms with E-state index in [2.05, 4.69) is 104 Å². The van der Waals surface area contributed by atoms with Crippen LogP contribution in [0.5, 0.6) is 0 Å². The van der Waals surface area contributed by atoms with Gasteiger partial charge in [-0.05, 0) is 29.7 Å². The molecule has 0 unspecified atom stereocenters. The molecule has 0 spiro atoms. The summed E-state index contributed by atoms with van der Waals surface area (Å²) in [6.45, 7) is 2.14. The molecule has 2 aromatic heterocycles. The van der Waals surface area contributed by atoms with Gasteiger partial charge in [-0.3, -0.25) is 0 Å². The second-order valence-electron chi connectivity index (χ2n) is 6.27. The predicted molar refractivity (Wildman–Crippen MR) is 116 cm³/mol. The van der Waals surface area contributed by atoms with Crippen LogP contribution in [0.25, 0.3) is 22.3 Å². The minimum atomic E-state index is 0.163. The predicted octanol–water partition coefficient (Wildman–Crippen LogP) is 5.73. The van der Waals surface area contributed by atoms with Crippen LogP contribution in [-0.4, -0.2) is 15.0 Å². The van der Waals surface area contributed by atoms with E-state index in [0.29, 0.717) is 0 Å². The first-order chi connectivity index (χ1) is 12.7. The Kier molecular flexibility index (Phi) is 4.88. The van der Waals surface area contributed by atoms with Crippen molar-refractivity contribution in [2.45, 2.75) is 17.4 Å². The third-order valence-electron chi connectivity index (χ3n) is 4.50. The quantitative estimate of drug-likeness (QED) is 0.299. The number of H-pyrrole nitrogens is 1. The Morgan fingerprint density at radius 1 is 1.04 bits per heavy atom. The first kappa shape index (κ1) is 17.0. The van der Waals surface area contributed by atoms with E-state index >= 15 is 0 Å². The SMILES string of the molecule is C[C@@H](Nc1ncnc2[nH]c(-c3ccc(CI)cc3)cc12)c1ccccc1. The van der Waals surface area contributed by atoms with Gasteiger partial charge in [0.2, 0.25) is 0 Å². The van der Waals surface area contributed by atoms with Crippen molar-refractivity contribution in [3.8, 4) is 11.3 Å². The van der Waals surface area contributed by atoms with Crippen LogP contribution in [0.1, 0.15) is 24.1 Å². The van der Waals surface area contributed by atoms with Crippen LogP contribution in [0.4, 0.5) is 5.82 Å². The first-order valence-electron chi connectivity index (χ1n) is 8.55. The Morgan fingerprint density at radius 2 is 1.81 bits per heavy atom. The smallest absolute Gasteiger partial charge is 0.143 e. The van der Waals surface area contributed by atoms with E-state index in [9.17, 15) is 0 Å². The zero-order chi connectivity index (χ0) is 17.9. The average Bonchev–Trinajstić information content (AvgIpc) is 3.14. The van der Waals surface area contributed by atoms with E-state index in [4.69, 9.17) is 0 Å². The molecule has 4 aromatic rings. The second kappa shape index (κ2) is 7.45. The van der Waals surface area contributed by atoms with Crippen molar-refractivity contribution >= 4 is 39.4 Å². The lowest BCUT2D eigenvalue weighted by Crippen LogP contribution is -2.08. The Morgan fingerprint density at radius 3 is 2.54 bits per heavy atom. The molecule has 130 valence electrons. The molecule has 0 bridgehead atoms. The molecule has 0 aliphatic carbocycles. The standard InChI is InChI=1S/C21H19IN4/c1-14(16-5-3-2-4-6-16)25-20-18-11-19(26-21(18)24-13-23-20)17-9-7-15(12-22)8-10-17/h2-11,13-14H,12H2,1H3,(H2,23,24,25,26)/t14-/m1/s1. The van der Waals surface area contributed by atoms with Crippen LogP contribution in [0.15, 0.2) is 67.0 Å². The Labute approximate surface area is 166 Å². The van der Waals surface area contributed by atoms with Crippen LogP contribution in [0.2, 0.25) is 0 Å². The Bertz CT molecular complexity index is 1010. The van der Waals surface area contributed by atoms with Crippen LogP contribution in [0.3, 0.4) is 0 Å². The Balaban J connectivity index is 1.67. The summed E-state index contributed by atoms with van der Waals surface area (Å²) in [6, 6.07) is 21.3. The first-order valence-corrected chi connectivity index (χ1v) is 10.1. The molecule has 0 radical (unpaired) electrons. The van der Waals surface area contributed by atoms with E-state index < -0.39 is 0 Å². The molecular formula is C21H19IN4. The number of fused-ring (bicyclic) bond motifs is 1. The molecule has 2 aromatic carbocycles. The number of hydrogen-bond donors (Lipinski definition) is 2. The van der Waals surface area contributed by atoms with Crippen molar-refractivity contribution in [1.29, 1.82) is 0 Å². The normalized spacial score (nSPS) is 12.2. The highest BCUT2D eigenvalue weighted by molar-refractivity contribution is 14.1. The number of anilines is 1. The third-order valence-corrected chi connectivity index (χ3v) is 5.38. The van der Waals surface area contributed by atoms with E-state index in [-0.39, 0.29) is 6.04 Å². The fraction of sp³-hybridized carbons (Fsp3) is 0.143. The number of alkyl halides is 1. The van der Waals surface area contributed by atoms with Gasteiger partial charge >= 0.3 is 0 Å². The van der Waals surface area contributed by atoms with Gasteiger partial charge in [-0.2, -0.15) is 0 Å². The molecule has 4 nitrogen and oxygen atoms in total. The molecule has 0 fully saturated rings. The second-order valence-corrected chi connectivity index (χ2v) is 7.04. The van der Waals surface area contributed by atoms with Gasteiger partial charge in [0.15, 0.2) is 0 Å². The highest BCUT2D eigenvalue weighted by Gasteiger charge is 2.12. The monoisotopic (exact) mass is 454 g/mol. The molecule has 0 amide bonds. The maximum Gasteiger partial charge on any atom is 0.143 e. The van der Waals surface area contributed by atoms with Crippen LogP contribution in [-0.2, 0) is 4.43 Å². The van der Waals surface area contributed by atoms with E-state index in [1.165, 1.54) is 11.1 Å². The van der Waals surface area contributed by atoms with Gasteiger partial charge in [0, 0.05) is 16.2 Å². The number of rotatable bonds is 5. The topological polar surface area (TPSA) is 53.6 Å². The zero-order valence-electron chi connectivity index (χ0n) is 14.4. The summed E-state index contributed by atoms with van der Waals surface area (Å²) in [7, 11) is 0. The maximum absolute atomic E-state index is 4.46. The molecule has 0 aliphatic heterocycles. The molecule has 2 heterocycles. The van der Waals surface area contributed by atoms with Crippen LogP contribution in [0, 0.1) is 0 Å². The fourth-order valence-electron chi connectivity index (χ4n) is 3.01. The van der Waals surface area contributed by atoms with Crippen molar-refractivity contribution in [3.05, 3.63) is 78.1 Å². The molecule has 26 heavy (non-hydrogen) atoms. The summed E-state index contributed by atoms with van der Waals surface area (Å²) in [5.41, 5.74) is 5.60. The number of nitrogens with zero attached hydrogens (tertiary/aromatic N) is 2. The van der Waals surface area contributed by atoms with Crippen molar-refractivity contribution in [2.75, 3.05) is 5.32 Å². The molecule has 4 rings (SSSR count). The third kappa shape index (κ3) is 3.44. The summed E-state index contributed by atoms with van der Waals surface area (Å²) in [5.74, 6) is 0.845. The molecule has 2 N–H and O–H groups in total. The van der Waals surface area contributed by atoms with Crippen molar-refractivity contribution in [3.63, 3.8) is 0 Å². The van der Waals surface area contributed by atoms with Crippen LogP contribution >= 0.6 is 22.6 Å². The molecule has 0 saturated heterocycles. The van der Waals surface area contributed by atoms with Crippen molar-refractivity contribution in [2.24, 2.45) is 0 Å². The number of hydrogen-bond acceptors (Lipinski definition) is 3. The van der Waals surface area contributed by atoms with Crippen LogP contribution < -0.4 is 5.32 Å². The minimum absolute atomic E-state index is 0.163. The van der Waals surface area contributed by atoms with Crippen molar-refractivity contribution < 1.29 is 0 Å². The number of aromatic nitrogens is 3. The molecule has 0 saturated carbocycles. The number of halogens is 1.